The van der Waals surface area contributed by atoms with Crippen LogP contribution >= 0.6 is 12.5 Å². The summed E-state index contributed by atoms with van der Waals surface area (Å²) in [5, 5.41) is 0. The molecule has 0 unspecified atom stereocenters. The molecule has 2 heteroatoms. The monoisotopic (exact) mass is 99.0 g/mol. The van der Waals surface area contributed by atoms with Crippen LogP contribution in [0.3, 0.4) is 0 Å². The van der Waals surface area contributed by atoms with Gasteiger partial charge in [0.2, 0.25) is 0 Å². The minimum absolute atomic E-state index is 1.03. The van der Waals surface area contributed by atoms with Gasteiger partial charge >= 0.3 is 0 Å². The van der Waals surface area contributed by atoms with E-state index in [1.54, 1.807) is 0 Å². The molecule has 33 valence electrons. The fourth-order valence-corrected chi connectivity index (χ4v) is 0.341. The fourth-order valence-electron chi connectivity index (χ4n) is 0.192. The molecule has 0 atom stereocenters. The molecule has 1 radical (unpaired) electrons. The van der Waals surface area contributed by atoms with Crippen molar-refractivity contribution in [3.63, 3.8) is 0 Å². The molecule has 0 saturated heterocycles. The van der Waals surface area contributed by atoms with Gasteiger partial charge in [-0.1, -0.05) is 12.4 Å². The molecule has 0 amide bonds. The van der Waals surface area contributed by atoms with Crippen LogP contribution in [0.25, 0.3) is 0 Å². The average molecular weight is 99.0 g/mol. The minimum Gasteiger partial charge on any atom is -0.235 e. The maximum Gasteiger partial charge on any atom is 0.187 e. The molecule has 0 nitrogen and oxygen atoms in total. The Hall–Kier alpha value is 0.155. The van der Waals surface area contributed by atoms with Crippen molar-refractivity contribution in [2.75, 3.05) is 0 Å². The van der Waals surface area contributed by atoms with Crippen molar-refractivity contribution in [2.24, 2.45) is 0 Å². The fraction of sp³-hybridized carbons (Fsp3) is 0.500. The average Bonchev–Trinajstić information content (AvgIpc) is 1.61. The molecule has 0 aromatic heterocycles. The second-order valence-electron chi connectivity index (χ2n) is 1.05. The van der Waals surface area contributed by atoms with Gasteiger partial charge in [-0.3, -0.25) is 0 Å². The van der Waals surface area contributed by atoms with Gasteiger partial charge < -0.3 is 0 Å². The highest BCUT2D eigenvalue weighted by Gasteiger charge is 1.75. The zero-order valence-corrected chi connectivity index (χ0v) is 4.62. The van der Waals surface area contributed by atoms with Crippen molar-refractivity contribution >= 4 is 19.0 Å². The summed E-state index contributed by atoms with van der Waals surface area (Å²) < 4.78 is 0. The Labute approximate surface area is 45.2 Å². The molecule has 0 N–H and O–H groups in total. The Morgan fingerprint density at radius 2 is 2.50 bits per heavy atom. The molecule has 0 aliphatic heterocycles. The van der Waals surface area contributed by atoms with Crippen LogP contribution in [0.15, 0.2) is 12.7 Å². The lowest BCUT2D eigenvalue weighted by Gasteiger charge is -1.79. The van der Waals surface area contributed by atoms with Crippen LogP contribution in [0, 0.1) is 0 Å². The Kier molecular flexibility index (Phi) is 5.29. The minimum atomic E-state index is 1.03. The van der Waals surface area contributed by atoms with Gasteiger partial charge in [-0.15, -0.1) is 6.58 Å². The quantitative estimate of drug-likeness (QED) is 0.236. The molecule has 0 aromatic carbocycles. The molecular formula is C4H8BS. The lowest BCUT2D eigenvalue weighted by atomic mass is 10.0. The van der Waals surface area contributed by atoms with Gasteiger partial charge in [0.05, 0.1) is 0 Å². The summed E-state index contributed by atoms with van der Waals surface area (Å²) in [7, 11) is 0. The molecule has 0 aliphatic carbocycles. The Balaban J connectivity index is 2.49. The zero-order chi connectivity index (χ0) is 4.83. The van der Waals surface area contributed by atoms with E-state index in [2.05, 4.69) is 19.1 Å². The largest absolute Gasteiger partial charge is 0.235 e. The van der Waals surface area contributed by atoms with E-state index in [4.69, 9.17) is 0 Å². The summed E-state index contributed by atoms with van der Waals surface area (Å²) >= 11 is 3.88. The lowest BCUT2D eigenvalue weighted by Crippen LogP contribution is -1.71. The Morgan fingerprint density at radius 1 is 1.83 bits per heavy atom. The first-order valence-electron chi connectivity index (χ1n) is 1.98. The molecule has 0 aromatic rings. The maximum atomic E-state index is 3.88. The van der Waals surface area contributed by atoms with Crippen molar-refractivity contribution in [3.8, 4) is 0 Å². The van der Waals surface area contributed by atoms with Crippen molar-refractivity contribution in [2.45, 2.75) is 12.7 Å². The summed E-state index contributed by atoms with van der Waals surface area (Å²) in [6.07, 6.45) is 3.96. The van der Waals surface area contributed by atoms with Gasteiger partial charge in [-0.05, 0) is 6.42 Å². The molecule has 0 rings (SSSR count). The first-order valence-corrected chi connectivity index (χ1v) is 2.50. The first kappa shape index (κ1) is 6.15. The van der Waals surface area contributed by atoms with Crippen molar-refractivity contribution < 1.29 is 0 Å². The van der Waals surface area contributed by atoms with Gasteiger partial charge in [0.15, 0.2) is 6.56 Å². The summed E-state index contributed by atoms with van der Waals surface area (Å²) in [6, 6.07) is 0. The third kappa shape index (κ3) is 4.15. The predicted molar refractivity (Wildman–Crippen MR) is 34.4 cm³/mol. The van der Waals surface area contributed by atoms with Crippen LogP contribution in [0.2, 0.25) is 6.32 Å². The summed E-state index contributed by atoms with van der Waals surface area (Å²) in [5.74, 6) is 0. The third-order valence-corrected chi connectivity index (χ3v) is 0.758. The van der Waals surface area contributed by atoms with E-state index in [1.807, 2.05) is 12.6 Å². The van der Waals surface area contributed by atoms with Crippen LogP contribution in [-0.4, -0.2) is 6.56 Å². The first-order chi connectivity index (χ1) is 2.91. The predicted octanol–water partition coefficient (Wildman–Crippen LogP) is 1.53. The van der Waals surface area contributed by atoms with Crippen molar-refractivity contribution in [1.29, 1.82) is 0 Å². The number of allylic oxidation sites excluding steroid dienone is 1. The molecule has 0 heterocycles. The Bertz CT molecular complexity index is 36.5. The molecular weight excluding hydrogens is 90.9 g/mol. The summed E-state index contributed by atoms with van der Waals surface area (Å²) in [5.41, 5.74) is 0. The third-order valence-electron chi connectivity index (χ3n) is 0.500. The summed E-state index contributed by atoms with van der Waals surface area (Å²) in [4.78, 5) is 0. The van der Waals surface area contributed by atoms with E-state index in [0.29, 0.717) is 0 Å². The van der Waals surface area contributed by atoms with Crippen molar-refractivity contribution in [3.05, 3.63) is 12.7 Å². The Morgan fingerprint density at radius 3 is 2.67 bits per heavy atom. The normalized spacial score (nSPS) is 7.50. The molecule has 0 fully saturated rings. The van der Waals surface area contributed by atoms with E-state index in [1.165, 1.54) is 0 Å². The van der Waals surface area contributed by atoms with Gasteiger partial charge in [-0.25, -0.2) is 12.5 Å². The second kappa shape index (κ2) is 5.15. The highest BCUT2D eigenvalue weighted by Crippen LogP contribution is 1.88. The number of hydrogen-bond acceptors (Lipinski definition) is 1. The van der Waals surface area contributed by atoms with Gasteiger partial charge in [-0.2, -0.15) is 0 Å². The maximum absolute atomic E-state index is 3.88. The topological polar surface area (TPSA) is 0 Å². The number of rotatable bonds is 3. The SMILES string of the molecule is C=CCC[B]S. The van der Waals surface area contributed by atoms with E-state index in [9.17, 15) is 0 Å². The molecule has 0 aliphatic rings. The number of hydrogen-bond donors (Lipinski definition) is 1. The standard InChI is InChI=1S/C4H8BS/c1-2-3-4-5-6/h2,6H,1,3-4H2. The van der Waals surface area contributed by atoms with E-state index in [0.717, 1.165) is 12.7 Å². The molecule has 6 heavy (non-hydrogen) atoms. The van der Waals surface area contributed by atoms with Crippen LogP contribution < -0.4 is 0 Å². The van der Waals surface area contributed by atoms with Gasteiger partial charge in [0.25, 0.3) is 0 Å². The summed E-state index contributed by atoms with van der Waals surface area (Å²) in [6.45, 7) is 5.38. The highest BCUT2D eigenvalue weighted by molar-refractivity contribution is 8.06. The van der Waals surface area contributed by atoms with Crippen LogP contribution in [0.1, 0.15) is 6.42 Å². The van der Waals surface area contributed by atoms with Gasteiger partial charge in [0, 0.05) is 0 Å². The van der Waals surface area contributed by atoms with Crippen LogP contribution in [0.5, 0.6) is 0 Å². The number of thiol groups is 1. The van der Waals surface area contributed by atoms with Crippen molar-refractivity contribution in [1.82, 2.24) is 0 Å². The second-order valence-corrected chi connectivity index (χ2v) is 1.41. The highest BCUT2D eigenvalue weighted by atomic mass is 32.1. The van der Waals surface area contributed by atoms with E-state index < -0.39 is 0 Å². The zero-order valence-electron chi connectivity index (χ0n) is 3.72. The molecule has 0 saturated carbocycles. The van der Waals surface area contributed by atoms with E-state index >= 15 is 0 Å². The molecule has 0 bridgehead atoms. The van der Waals surface area contributed by atoms with Crippen LogP contribution in [0.4, 0.5) is 0 Å². The van der Waals surface area contributed by atoms with Gasteiger partial charge in [0.1, 0.15) is 0 Å². The molecule has 0 spiro atoms. The van der Waals surface area contributed by atoms with Crippen LogP contribution in [-0.2, 0) is 0 Å². The lowest BCUT2D eigenvalue weighted by molar-refractivity contribution is 1.22. The van der Waals surface area contributed by atoms with E-state index in [-0.39, 0.29) is 0 Å². The smallest absolute Gasteiger partial charge is 0.187 e.